The quantitative estimate of drug-likeness (QED) is 0.715. The molecule has 2 fully saturated rings. The molecule has 1 spiro atoms. The van der Waals surface area contributed by atoms with Crippen LogP contribution in [0, 0.1) is 0 Å². The number of amides is 4. The standard InChI is InChI=1S/C23H24ClN3O3/c24-18-11-9-17(10-12-18)20(16-7-3-1-4-8-16)25-19(28)15-27-21(29)23(26-22(27)30)13-5-2-6-14-23/h1,3-4,7-12,20H,2,5-6,13-15H2,(H,25,28)(H,26,30). The third kappa shape index (κ3) is 4.05. The zero-order valence-electron chi connectivity index (χ0n) is 16.6. The topological polar surface area (TPSA) is 78.5 Å². The van der Waals surface area contributed by atoms with Crippen LogP contribution in [0.4, 0.5) is 4.79 Å². The maximum atomic E-state index is 12.9. The Labute approximate surface area is 180 Å². The molecule has 2 aliphatic rings. The van der Waals surface area contributed by atoms with Crippen molar-refractivity contribution in [1.29, 1.82) is 0 Å². The summed E-state index contributed by atoms with van der Waals surface area (Å²) in [7, 11) is 0. The highest BCUT2D eigenvalue weighted by molar-refractivity contribution is 6.30. The normalized spacial score (nSPS) is 18.9. The minimum Gasteiger partial charge on any atom is -0.344 e. The van der Waals surface area contributed by atoms with Crippen molar-refractivity contribution in [3.05, 3.63) is 70.7 Å². The Morgan fingerprint density at radius 1 is 1.00 bits per heavy atom. The second-order valence-electron chi connectivity index (χ2n) is 7.93. The van der Waals surface area contributed by atoms with Crippen molar-refractivity contribution in [2.24, 2.45) is 0 Å². The summed E-state index contributed by atoms with van der Waals surface area (Å²) in [5, 5.41) is 6.42. The lowest BCUT2D eigenvalue weighted by Gasteiger charge is -2.30. The van der Waals surface area contributed by atoms with Crippen LogP contribution in [0.5, 0.6) is 0 Å². The van der Waals surface area contributed by atoms with Gasteiger partial charge in [-0.1, -0.05) is 73.3 Å². The Morgan fingerprint density at radius 3 is 2.30 bits per heavy atom. The highest BCUT2D eigenvalue weighted by atomic mass is 35.5. The van der Waals surface area contributed by atoms with Gasteiger partial charge in [0.25, 0.3) is 5.91 Å². The number of imide groups is 1. The molecule has 1 atom stereocenters. The minimum atomic E-state index is -0.829. The smallest absolute Gasteiger partial charge is 0.325 e. The number of hydrogen-bond acceptors (Lipinski definition) is 3. The number of carbonyl (C=O) groups is 3. The molecule has 1 saturated heterocycles. The molecular weight excluding hydrogens is 402 g/mol. The fourth-order valence-electron chi connectivity index (χ4n) is 4.32. The molecule has 4 rings (SSSR count). The van der Waals surface area contributed by atoms with Crippen LogP contribution in [0.2, 0.25) is 5.02 Å². The summed E-state index contributed by atoms with van der Waals surface area (Å²) in [4.78, 5) is 39.3. The monoisotopic (exact) mass is 425 g/mol. The van der Waals surface area contributed by atoms with E-state index in [9.17, 15) is 14.4 Å². The predicted molar refractivity (Wildman–Crippen MR) is 114 cm³/mol. The van der Waals surface area contributed by atoms with Gasteiger partial charge in [0.05, 0.1) is 6.04 Å². The molecule has 0 bridgehead atoms. The molecule has 0 aromatic heterocycles. The van der Waals surface area contributed by atoms with E-state index in [4.69, 9.17) is 11.6 Å². The Morgan fingerprint density at radius 2 is 1.63 bits per heavy atom. The van der Waals surface area contributed by atoms with Crippen LogP contribution >= 0.6 is 11.6 Å². The second-order valence-corrected chi connectivity index (χ2v) is 8.36. The van der Waals surface area contributed by atoms with Crippen LogP contribution in [0.25, 0.3) is 0 Å². The van der Waals surface area contributed by atoms with Gasteiger partial charge in [0, 0.05) is 5.02 Å². The van der Waals surface area contributed by atoms with E-state index in [1.54, 1.807) is 12.1 Å². The van der Waals surface area contributed by atoms with Gasteiger partial charge in [-0.25, -0.2) is 4.79 Å². The van der Waals surface area contributed by atoms with Crippen molar-refractivity contribution in [1.82, 2.24) is 15.5 Å². The first-order valence-corrected chi connectivity index (χ1v) is 10.6. The van der Waals surface area contributed by atoms with E-state index in [2.05, 4.69) is 10.6 Å². The Bertz CT molecular complexity index is 940. The number of benzene rings is 2. The zero-order valence-corrected chi connectivity index (χ0v) is 17.3. The summed E-state index contributed by atoms with van der Waals surface area (Å²) in [6, 6.07) is 15.9. The largest absolute Gasteiger partial charge is 0.344 e. The lowest BCUT2D eigenvalue weighted by Crippen LogP contribution is -2.49. The molecule has 156 valence electrons. The zero-order chi connectivity index (χ0) is 21.1. The molecule has 1 aliphatic heterocycles. The molecule has 1 aliphatic carbocycles. The highest BCUT2D eigenvalue weighted by Crippen LogP contribution is 2.33. The molecule has 2 N–H and O–H groups in total. The molecule has 1 heterocycles. The molecule has 1 unspecified atom stereocenters. The van der Waals surface area contributed by atoms with Gasteiger partial charge in [-0.05, 0) is 36.1 Å². The first kappa shape index (κ1) is 20.4. The van der Waals surface area contributed by atoms with Crippen LogP contribution in [-0.2, 0) is 9.59 Å². The second kappa shape index (κ2) is 8.48. The molecule has 30 heavy (non-hydrogen) atoms. The van der Waals surface area contributed by atoms with E-state index < -0.39 is 23.5 Å². The summed E-state index contributed by atoms with van der Waals surface area (Å²) in [6.07, 6.45) is 4.13. The van der Waals surface area contributed by atoms with Gasteiger partial charge in [-0.3, -0.25) is 14.5 Å². The molecule has 4 amide bonds. The Kier molecular flexibility index (Phi) is 5.77. The van der Waals surface area contributed by atoms with Gasteiger partial charge >= 0.3 is 6.03 Å². The van der Waals surface area contributed by atoms with Crippen LogP contribution in [0.15, 0.2) is 54.6 Å². The van der Waals surface area contributed by atoms with Crippen molar-refractivity contribution in [2.45, 2.75) is 43.7 Å². The van der Waals surface area contributed by atoms with Gasteiger partial charge in [0.2, 0.25) is 5.91 Å². The van der Waals surface area contributed by atoms with Gasteiger partial charge in [0.1, 0.15) is 12.1 Å². The fourth-order valence-corrected chi connectivity index (χ4v) is 4.45. The maximum Gasteiger partial charge on any atom is 0.325 e. The number of halogens is 1. The number of nitrogens with one attached hydrogen (secondary N) is 2. The molecule has 0 radical (unpaired) electrons. The lowest BCUT2D eigenvalue weighted by atomic mass is 9.82. The van der Waals surface area contributed by atoms with Crippen molar-refractivity contribution in [3.63, 3.8) is 0 Å². The Hall–Kier alpha value is -2.86. The summed E-state index contributed by atoms with van der Waals surface area (Å²) in [6.45, 7) is -0.302. The highest BCUT2D eigenvalue weighted by Gasteiger charge is 2.51. The van der Waals surface area contributed by atoms with E-state index in [1.165, 1.54) is 0 Å². The van der Waals surface area contributed by atoms with E-state index in [0.717, 1.165) is 35.3 Å². The molecule has 1 saturated carbocycles. The van der Waals surface area contributed by atoms with Crippen LogP contribution in [0.1, 0.15) is 49.3 Å². The lowest BCUT2D eigenvalue weighted by molar-refractivity contribution is -0.136. The predicted octanol–water partition coefficient (Wildman–Crippen LogP) is 3.80. The van der Waals surface area contributed by atoms with Gasteiger partial charge in [0.15, 0.2) is 0 Å². The summed E-state index contributed by atoms with van der Waals surface area (Å²) in [5.41, 5.74) is 0.930. The van der Waals surface area contributed by atoms with Gasteiger partial charge < -0.3 is 10.6 Å². The van der Waals surface area contributed by atoms with E-state index in [-0.39, 0.29) is 12.5 Å². The SMILES string of the molecule is O=C(CN1C(=O)NC2(CCCCC2)C1=O)NC(c1ccccc1)c1ccc(Cl)cc1. The summed E-state index contributed by atoms with van der Waals surface area (Å²) < 4.78 is 0. The number of rotatable bonds is 5. The molecule has 2 aromatic carbocycles. The average molecular weight is 426 g/mol. The number of hydrogen-bond donors (Lipinski definition) is 2. The third-order valence-electron chi connectivity index (χ3n) is 5.90. The molecule has 2 aromatic rings. The first-order valence-electron chi connectivity index (χ1n) is 10.2. The average Bonchev–Trinajstić information content (AvgIpc) is 2.98. The van der Waals surface area contributed by atoms with Crippen molar-refractivity contribution in [2.75, 3.05) is 6.54 Å². The molecule has 6 nitrogen and oxygen atoms in total. The minimum absolute atomic E-state index is 0.287. The van der Waals surface area contributed by atoms with Crippen molar-refractivity contribution in [3.8, 4) is 0 Å². The maximum absolute atomic E-state index is 12.9. The summed E-state index contributed by atoms with van der Waals surface area (Å²) in [5.74, 6) is -0.680. The first-order chi connectivity index (χ1) is 14.5. The number of urea groups is 1. The van der Waals surface area contributed by atoms with Gasteiger partial charge in [-0.15, -0.1) is 0 Å². The summed E-state index contributed by atoms with van der Waals surface area (Å²) >= 11 is 6.01. The molecule has 7 heteroatoms. The van der Waals surface area contributed by atoms with E-state index in [1.807, 2.05) is 42.5 Å². The Balaban J connectivity index is 1.51. The third-order valence-corrected chi connectivity index (χ3v) is 6.15. The van der Waals surface area contributed by atoms with Crippen LogP contribution in [-0.4, -0.2) is 34.8 Å². The van der Waals surface area contributed by atoms with Crippen LogP contribution in [0.3, 0.4) is 0 Å². The molecular formula is C23H24ClN3O3. The number of nitrogens with zero attached hydrogens (tertiary/aromatic N) is 1. The van der Waals surface area contributed by atoms with Gasteiger partial charge in [-0.2, -0.15) is 0 Å². The van der Waals surface area contributed by atoms with Crippen molar-refractivity contribution >= 4 is 29.4 Å². The van der Waals surface area contributed by atoms with Crippen molar-refractivity contribution < 1.29 is 14.4 Å². The van der Waals surface area contributed by atoms with E-state index in [0.29, 0.717) is 17.9 Å². The van der Waals surface area contributed by atoms with E-state index >= 15 is 0 Å². The fraction of sp³-hybridized carbons (Fsp3) is 0.348. The number of carbonyl (C=O) groups excluding carboxylic acids is 3. The van der Waals surface area contributed by atoms with Crippen LogP contribution < -0.4 is 10.6 Å².